The lowest BCUT2D eigenvalue weighted by atomic mass is 9.95. The number of carbonyl (C=O) groups is 2. The average molecular weight is 599 g/mol. The van der Waals surface area contributed by atoms with E-state index in [9.17, 15) is 39.4 Å². The van der Waals surface area contributed by atoms with E-state index >= 15 is 0 Å². The Hall–Kier alpha value is -3.68. The van der Waals surface area contributed by atoms with Gasteiger partial charge >= 0.3 is 22.3 Å². The zero-order valence-electron chi connectivity index (χ0n) is 18.5. The highest BCUT2D eigenvalue weighted by Crippen LogP contribution is 3.02. The molecule has 2 heterocycles. The second kappa shape index (κ2) is 8.41. The molecule has 1 fully saturated rings. The second-order valence-electron chi connectivity index (χ2n) is 8.14. The maximum Gasteiger partial charge on any atom is 0.413 e. The van der Waals surface area contributed by atoms with Crippen LogP contribution in [-0.2, 0) is 21.6 Å². The molecule has 0 atom stereocenters. The molecular formula is C20H13Cl2F5N6O4S. The summed E-state index contributed by atoms with van der Waals surface area (Å²) < 4.78 is 72.5. The number of benzene rings is 1. The van der Waals surface area contributed by atoms with Gasteiger partial charge in [-0.05, 0) is 25.0 Å². The fraction of sp³-hybridized carbons (Fsp3) is 0.200. The number of ether oxygens (including phenoxy) is 1. The summed E-state index contributed by atoms with van der Waals surface area (Å²) in [6.45, 7) is -0.342. The molecule has 0 aliphatic heterocycles. The lowest BCUT2D eigenvalue weighted by Gasteiger charge is -2.40. The van der Waals surface area contributed by atoms with Gasteiger partial charge in [0, 0.05) is 18.0 Å². The van der Waals surface area contributed by atoms with E-state index in [0.717, 1.165) is 0 Å². The molecule has 0 spiro atoms. The van der Waals surface area contributed by atoms with Crippen LogP contribution in [0.3, 0.4) is 0 Å². The van der Waals surface area contributed by atoms with Crippen molar-refractivity contribution in [3.05, 3.63) is 57.7 Å². The second-order valence-corrected chi connectivity index (χ2v) is 11.4. The van der Waals surface area contributed by atoms with Gasteiger partial charge in [0.25, 0.3) is 0 Å². The van der Waals surface area contributed by atoms with Gasteiger partial charge in [-0.25, -0.2) is 19.4 Å². The molecule has 202 valence electrons. The fourth-order valence-corrected chi connectivity index (χ4v) is 5.03. The van der Waals surface area contributed by atoms with Gasteiger partial charge in [0.1, 0.15) is 35.4 Å². The van der Waals surface area contributed by atoms with Crippen LogP contribution in [-0.4, -0.2) is 36.9 Å². The largest absolute Gasteiger partial charge is 0.481 e. The molecule has 1 aliphatic carbocycles. The number of aromatic nitrogens is 4. The molecule has 2 N–H and O–H groups in total. The van der Waals surface area contributed by atoms with Crippen LogP contribution >= 0.6 is 33.4 Å². The predicted molar refractivity (Wildman–Crippen MR) is 124 cm³/mol. The lowest BCUT2D eigenvalue weighted by molar-refractivity contribution is -0.140. The van der Waals surface area contributed by atoms with Crippen LogP contribution in [0.25, 0.3) is 5.69 Å². The zero-order chi connectivity index (χ0) is 28.2. The number of carboxylic acids is 1. The van der Waals surface area contributed by atoms with Gasteiger partial charge in [-0.1, -0.05) is 42.6 Å². The Morgan fingerprint density at radius 3 is 2.21 bits per heavy atom. The van der Waals surface area contributed by atoms with Gasteiger partial charge in [0.15, 0.2) is 5.69 Å². The molecule has 2 aromatic heterocycles. The van der Waals surface area contributed by atoms with Crippen LogP contribution in [0.5, 0.6) is 0 Å². The van der Waals surface area contributed by atoms with Gasteiger partial charge in [0.05, 0.1) is 21.0 Å². The van der Waals surface area contributed by atoms with Crippen molar-refractivity contribution in [2.75, 3.05) is 5.32 Å². The topological polar surface area (TPSA) is 143 Å². The van der Waals surface area contributed by atoms with E-state index in [4.69, 9.17) is 27.9 Å². The number of rotatable bonds is 7. The van der Waals surface area contributed by atoms with E-state index in [0.29, 0.717) is 10.2 Å². The van der Waals surface area contributed by atoms with Crippen LogP contribution < -0.4 is 5.32 Å². The van der Waals surface area contributed by atoms with Crippen molar-refractivity contribution in [2.24, 2.45) is 0 Å². The lowest BCUT2D eigenvalue weighted by Crippen LogP contribution is -2.24. The van der Waals surface area contributed by atoms with Crippen molar-refractivity contribution in [1.29, 1.82) is 5.26 Å². The van der Waals surface area contributed by atoms with Gasteiger partial charge in [-0.15, -0.1) is 0 Å². The normalized spacial score (nSPS) is 16.1. The molecule has 1 saturated carbocycles. The van der Waals surface area contributed by atoms with Crippen molar-refractivity contribution >= 4 is 51.3 Å². The standard InChI is InChI=1S/C20H13Cl2F5N6O4S/c21-12-3-11(38(23,24,25,26)27)4-13(22)16(12)33-17(31-19(36)37-8-10-6-29-9-30-7-10)15(14(5-28)32-33)20(1-2-20)18(34)35/h3-4,6-7,9H,1-2,8H2,(H,31,36)(H,34,35). The Bertz CT molecular complexity index is 1500. The van der Waals surface area contributed by atoms with Crippen LogP contribution in [0.15, 0.2) is 35.7 Å². The SMILES string of the molecule is N#Cc1nn(-c2c(Cl)cc(S(F)(F)(F)(F)F)cc2Cl)c(NC(=O)OCc2cncnc2)c1C1(C(=O)O)CC1. The number of carboxylic acid groups (broad SMARTS) is 1. The molecule has 1 aliphatic rings. The number of nitrogens with one attached hydrogen (secondary N) is 1. The van der Waals surface area contributed by atoms with Crippen LogP contribution in [0.2, 0.25) is 10.0 Å². The van der Waals surface area contributed by atoms with Gasteiger partial charge in [0.2, 0.25) is 0 Å². The summed E-state index contributed by atoms with van der Waals surface area (Å²) >= 11 is 11.9. The highest BCUT2D eigenvalue weighted by Gasteiger charge is 2.65. The van der Waals surface area contributed by atoms with Crippen LogP contribution in [0.4, 0.5) is 30.0 Å². The van der Waals surface area contributed by atoms with Crippen molar-refractivity contribution in [2.45, 2.75) is 29.8 Å². The maximum atomic E-state index is 13.4. The molecule has 4 rings (SSSR count). The number of nitriles is 1. The third-order valence-corrected chi connectivity index (χ3v) is 7.18. The number of aliphatic carboxylic acids is 1. The first-order chi connectivity index (χ1) is 17.5. The molecule has 0 bridgehead atoms. The number of carbonyl (C=O) groups excluding carboxylic acids is 1. The Labute approximate surface area is 219 Å². The highest BCUT2D eigenvalue weighted by atomic mass is 35.5. The number of anilines is 1. The van der Waals surface area contributed by atoms with E-state index in [-0.39, 0.29) is 37.1 Å². The minimum Gasteiger partial charge on any atom is -0.481 e. The Morgan fingerprint density at radius 2 is 1.74 bits per heavy atom. The number of nitrogens with zero attached hydrogens (tertiary/aromatic N) is 5. The van der Waals surface area contributed by atoms with Gasteiger partial charge in [-0.3, -0.25) is 10.1 Å². The third kappa shape index (κ3) is 5.17. The van der Waals surface area contributed by atoms with Crippen LogP contribution in [0.1, 0.15) is 29.7 Å². The zero-order valence-corrected chi connectivity index (χ0v) is 20.8. The summed E-state index contributed by atoms with van der Waals surface area (Å²) in [4.78, 5) is 29.8. The Morgan fingerprint density at radius 1 is 1.16 bits per heavy atom. The van der Waals surface area contributed by atoms with Crippen molar-refractivity contribution in [3.63, 3.8) is 0 Å². The van der Waals surface area contributed by atoms with E-state index in [2.05, 4.69) is 20.4 Å². The Kier molecular flexibility index (Phi) is 6.06. The smallest absolute Gasteiger partial charge is 0.413 e. The average Bonchev–Trinajstić information content (AvgIpc) is 3.54. The van der Waals surface area contributed by atoms with E-state index < -0.39 is 59.8 Å². The van der Waals surface area contributed by atoms with Gasteiger partial charge in [-0.2, -0.15) is 10.4 Å². The highest BCUT2D eigenvalue weighted by molar-refractivity contribution is 8.45. The quantitative estimate of drug-likeness (QED) is 0.299. The summed E-state index contributed by atoms with van der Waals surface area (Å²) in [5.74, 6) is -1.89. The summed E-state index contributed by atoms with van der Waals surface area (Å²) in [6.07, 6.45) is 2.77. The summed E-state index contributed by atoms with van der Waals surface area (Å²) in [6, 6.07) is 1.49. The van der Waals surface area contributed by atoms with E-state index in [1.807, 2.05) is 0 Å². The first-order valence-electron chi connectivity index (χ1n) is 10.1. The summed E-state index contributed by atoms with van der Waals surface area (Å²) in [5, 5.41) is 23.6. The minimum absolute atomic E-state index is 0.0262. The molecular weight excluding hydrogens is 586 g/mol. The number of amides is 1. The molecule has 1 amide bonds. The number of hydrogen-bond donors (Lipinski definition) is 2. The molecule has 0 radical (unpaired) electrons. The molecule has 38 heavy (non-hydrogen) atoms. The molecule has 3 aromatic rings. The van der Waals surface area contributed by atoms with Crippen molar-refractivity contribution in [1.82, 2.24) is 19.7 Å². The molecule has 18 heteroatoms. The minimum atomic E-state index is -10.2. The maximum absolute atomic E-state index is 13.4. The molecule has 0 saturated heterocycles. The first kappa shape index (κ1) is 27.4. The molecule has 0 unspecified atom stereocenters. The molecule has 10 nitrogen and oxygen atoms in total. The monoisotopic (exact) mass is 598 g/mol. The third-order valence-electron chi connectivity index (χ3n) is 5.48. The predicted octanol–water partition coefficient (Wildman–Crippen LogP) is 6.36. The summed E-state index contributed by atoms with van der Waals surface area (Å²) in [5.41, 5.74) is -2.76. The number of halogens is 7. The Balaban J connectivity index is 1.85. The van der Waals surface area contributed by atoms with Gasteiger partial charge < -0.3 is 9.84 Å². The van der Waals surface area contributed by atoms with E-state index in [1.165, 1.54) is 18.7 Å². The fourth-order valence-electron chi connectivity index (χ4n) is 3.58. The van der Waals surface area contributed by atoms with Crippen LogP contribution in [0, 0.1) is 11.3 Å². The number of hydrogen-bond acceptors (Lipinski definition) is 7. The first-order valence-corrected chi connectivity index (χ1v) is 12.9. The summed E-state index contributed by atoms with van der Waals surface area (Å²) in [7, 11) is -10.2. The molecule has 1 aromatic carbocycles. The van der Waals surface area contributed by atoms with E-state index in [1.54, 1.807) is 6.07 Å². The van der Waals surface area contributed by atoms with Crippen molar-refractivity contribution in [3.8, 4) is 11.8 Å². The van der Waals surface area contributed by atoms with Crippen molar-refractivity contribution < 1.29 is 38.9 Å².